The molecule has 24 heavy (non-hydrogen) atoms. The van der Waals surface area contributed by atoms with Gasteiger partial charge in [-0.05, 0) is 42.0 Å². The highest BCUT2D eigenvalue weighted by Gasteiger charge is 2.70. The summed E-state index contributed by atoms with van der Waals surface area (Å²) in [5.41, 5.74) is 0.00800. The summed E-state index contributed by atoms with van der Waals surface area (Å²) in [6, 6.07) is 18.3. The number of nitrogens with zero attached hydrogens (tertiary/aromatic N) is 2. The minimum absolute atomic E-state index is 0.186. The third kappa shape index (κ3) is 2.48. The van der Waals surface area contributed by atoms with Crippen LogP contribution in [-0.2, 0) is 0 Å². The molecule has 118 valence electrons. The SMILES string of the molecule is COc1ccc(C(=O)[C@@H]2[C@@H](c3ccc(Br)cc3)C2(C#N)C#N)cc1. The Hall–Kier alpha value is -2.63. The largest absolute Gasteiger partial charge is 0.497 e. The summed E-state index contributed by atoms with van der Waals surface area (Å²) in [6.07, 6.45) is 0. The molecule has 0 amide bonds. The van der Waals surface area contributed by atoms with E-state index in [0.717, 1.165) is 10.0 Å². The van der Waals surface area contributed by atoms with Gasteiger partial charge in [0.05, 0.1) is 25.2 Å². The van der Waals surface area contributed by atoms with Gasteiger partial charge in [-0.15, -0.1) is 0 Å². The Morgan fingerprint density at radius 2 is 1.67 bits per heavy atom. The Labute approximate surface area is 148 Å². The van der Waals surface area contributed by atoms with Gasteiger partial charge in [0.2, 0.25) is 0 Å². The van der Waals surface area contributed by atoms with E-state index in [1.165, 1.54) is 0 Å². The van der Waals surface area contributed by atoms with E-state index >= 15 is 0 Å². The smallest absolute Gasteiger partial charge is 0.169 e. The molecule has 1 fully saturated rings. The monoisotopic (exact) mass is 380 g/mol. The number of methoxy groups -OCH3 is 1. The maximum Gasteiger partial charge on any atom is 0.169 e. The average molecular weight is 381 g/mol. The van der Waals surface area contributed by atoms with Gasteiger partial charge < -0.3 is 4.74 Å². The van der Waals surface area contributed by atoms with Crippen LogP contribution in [-0.4, -0.2) is 12.9 Å². The summed E-state index contributed by atoms with van der Waals surface area (Å²) in [5, 5.41) is 19.1. The second-order valence-corrected chi connectivity index (χ2v) is 6.61. The number of carbonyl (C=O) groups is 1. The van der Waals surface area contributed by atoms with E-state index in [2.05, 4.69) is 28.1 Å². The molecule has 0 aromatic heterocycles. The molecule has 1 aliphatic rings. The minimum Gasteiger partial charge on any atom is -0.497 e. The molecule has 0 bridgehead atoms. The summed E-state index contributed by atoms with van der Waals surface area (Å²) < 4.78 is 6.00. The van der Waals surface area contributed by atoms with Crippen LogP contribution in [0.15, 0.2) is 53.0 Å². The number of hydrogen-bond acceptors (Lipinski definition) is 4. The van der Waals surface area contributed by atoms with Crippen molar-refractivity contribution in [1.29, 1.82) is 10.5 Å². The van der Waals surface area contributed by atoms with Crippen molar-refractivity contribution in [3.63, 3.8) is 0 Å². The van der Waals surface area contributed by atoms with E-state index in [0.29, 0.717) is 11.3 Å². The lowest BCUT2D eigenvalue weighted by Crippen LogP contribution is -2.08. The number of hydrogen-bond donors (Lipinski definition) is 0. The molecule has 2 aromatic rings. The van der Waals surface area contributed by atoms with Crippen molar-refractivity contribution in [3.05, 3.63) is 64.1 Å². The van der Waals surface area contributed by atoms with Crippen molar-refractivity contribution >= 4 is 21.7 Å². The lowest BCUT2D eigenvalue weighted by atomic mass is 10.0. The van der Waals surface area contributed by atoms with E-state index in [1.807, 2.05) is 24.3 Å². The number of nitriles is 2. The average Bonchev–Trinajstić information content (AvgIpc) is 3.31. The molecule has 0 heterocycles. The Bertz CT molecular complexity index is 846. The molecule has 1 aliphatic carbocycles. The first-order chi connectivity index (χ1) is 11.6. The topological polar surface area (TPSA) is 73.9 Å². The molecule has 2 aromatic carbocycles. The number of rotatable bonds is 4. The van der Waals surface area contributed by atoms with E-state index in [4.69, 9.17) is 4.74 Å². The molecule has 4 nitrogen and oxygen atoms in total. The fraction of sp³-hybridized carbons (Fsp3) is 0.211. The first kappa shape index (κ1) is 16.2. The van der Waals surface area contributed by atoms with Gasteiger partial charge in [-0.2, -0.15) is 10.5 Å². The predicted octanol–water partition coefficient (Wildman–Crippen LogP) is 4.09. The lowest BCUT2D eigenvalue weighted by molar-refractivity contribution is 0.0958. The van der Waals surface area contributed by atoms with Crippen LogP contribution in [0.1, 0.15) is 21.8 Å². The standard InChI is InChI=1S/C19H13BrN2O2/c1-24-15-8-4-13(5-9-15)18(23)17-16(19(17,10-21)11-22)12-2-6-14(20)7-3-12/h2-9,16-17H,1H3/t16-,17+/m1/s1. The number of ketones is 1. The van der Waals surface area contributed by atoms with Gasteiger partial charge in [-0.25, -0.2) is 0 Å². The van der Waals surface area contributed by atoms with Crippen LogP contribution in [0.4, 0.5) is 0 Å². The zero-order valence-corrected chi connectivity index (χ0v) is 14.4. The summed E-state index contributed by atoms with van der Waals surface area (Å²) in [7, 11) is 1.55. The fourth-order valence-electron chi connectivity index (χ4n) is 3.11. The second kappa shape index (κ2) is 6.11. The van der Waals surface area contributed by atoms with Crippen LogP contribution in [0, 0.1) is 34.0 Å². The number of ether oxygens (including phenoxy) is 1. The normalized spacial score (nSPS) is 20.5. The number of benzene rings is 2. The Balaban J connectivity index is 1.96. The van der Waals surface area contributed by atoms with E-state index < -0.39 is 17.3 Å². The zero-order valence-electron chi connectivity index (χ0n) is 12.9. The fourth-order valence-corrected chi connectivity index (χ4v) is 3.37. The Morgan fingerprint density at radius 3 is 2.17 bits per heavy atom. The Morgan fingerprint density at radius 1 is 1.08 bits per heavy atom. The van der Waals surface area contributed by atoms with E-state index in [-0.39, 0.29) is 5.78 Å². The molecule has 5 heteroatoms. The van der Waals surface area contributed by atoms with Crippen LogP contribution in [0.3, 0.4) is 0 Å². The predicted molar refractivity (Wildman–Crippen MR) is 91.4 cm³/mol. The van der Waals surface area contributed by atoms with Crippen molar-refractivity contribution in [3.8, 4) is 17.9 Å². The number of carbonyl (C=O) groups excluding carboxylic acids is 1. The molecule has 0 spiro atoms. The molecule has 0 unspecified atom stereocenters. The summed E-state index contributed by atoms with van der Waals surface area (Å²) in [5.74, 6) is -0.593. The summed E-state index contributed by atoms with van der Waals surface area (Å²) in [4.78, 5) is 12.8. The van der Waals surface area contributed by atoms with Crippen molar-refractivity contribution in [2.24, 2.45) is 11.3 Å². The molecule has 0 radical (unpaired) electrons. The van der Waals surface area contributed by atoms with E-state index in [9.17, 15) is 15.3 Å². The van der Waals surface area contributed by atoms with Gasteiger partial charge in [0.25, 0.3) is 0 Å². The first-order valence-corrected chi connectivity index (χ1v) is 8.13. The van der Waals surface area contributed by atoms with Crippen LogP contribution < -0.4 is 4.74 Å². The molecule has 3 rings (SSSR count). The van der Waals surface area contributed by atoms with Gasteiger partial charge in [0, 0.05) is 16.0 Å². The highest BCUT2D eigenvalue weighted by atomic mass is 79.9. The molecular formula is C19H13BrN2O2. The van der Waals surface area contributed by atoms with Crippen molar-refractivity contribution in [2.45, 2.75) is 5.92 Å². The molecule has 2 atom stereocenters. The van der Waals surface area contributed by atoms with E-state index in [1.54, 1.807) is 31.4 Å². The van der Waals surface area contributed by atoms with Crippen LogP contribution >= 0.6 is 15.9 Å². The maximum atomic E-state index is 12.8. The number of halogens is 1. The maximum absolute atomic E-state index is 12.8. The third-order valence-corrected chi connectivity index (χ3v) is 4.99. The summed E-state index contributed by atoms with van der Waals surface area (Å²) in [6.45, 7) is 0. The highest BCUT2D eigenvalue weighted by molar-refractivity contribution is 9.10. The van der Waals surface area contributed by atoms with Crippen molar-refractivity contribution in [2.75, 3.05) is 7.11 Å². The van der Waals surface area contributed by atoms with Crippen molar-refractivity contribution < 1.29 is 9.53 Å². The first-order valence-electron chi connectivity index (χ1n) is 7.33. The van der Waals surface area contributed by atoms with Crippen LogP contribution in [0.5, 0.6) is 5.75 Å². The minimum atomic E-state index is -1.30. The van der Waals surface area contributed by atoms with Crippen LogP contribution in [0.25, 0.3) is 0 Å². The Kier molecular flexibility index (Phi) is 4.13. The summed E-state index contributed by atoms with van der Waals surface area (Å²) >= 11 is 3.36. The van der Waals surface area contributed by atoms with Gasteiger partial charge in [0.15, 0.2) is 11.2 Å². The molecule has 0 aliphatic heterocycles. The van der Waals surface area contributed by atoms with Gasteiger partial charge in [-0.1, -0.05) is 28.1 Å². The molecule has 1 saturated carbocycles. The molecule has 0 N–H and O–H groups in total. The molecular weight excluding hydrogens is 368 g/mol. The van der Waals surface area contributed by atoms with Gasteiger partial charge >= 0.3 is 0 Å². The zero-order chi connectivity index (χ0) is 17.3. The van der Waals surface area contributed by atoms with Gasteiger partial charge in [0.1, 0.15) is 5.75 Å². The molecule has 0 saturated heterocycles. The van der Waals surface area contributed by atoms with Gasteiger partial charge in [-0.3, -0.25) is 4.79 Å². The van der Waals surface area contributed by atoms with Crippen molar-refractivity contribution in [1.82, 2.24) is 0 Å². The lowest BCUT2D eigenvalue weighted by Gasteiger charge is -2.03. The highest BCUT2D eigenvalue weighted by Crippen LogP contribution is 2.65. The third-order valence-electron chi connectivity index (χ3n) is 4.46. The van der Waals surface area contributed by atoms with Crippen LogP contribution in [0.2, 0.25) is 0 Å². The second-order valence-electron chi connectivity index (χ2n) is 5.69. The number of Topliss-reactive ketones (excluding diaryl/α,β-unsaturated/α-hetero) is 1. The quantitative estimate of drug-likeness (QED) is 0.748.